The van der Waals surface area contributed by atoms with Crippen LogP contribution in [0.5, 0.6) is 11.5 Å². The highest BCUT2D eigenvalue weighted by Gasteiger charge is 2.34. The molecule has 0 spiro atoms. The van der Waals surface area contributed by atoms with Gasteiger partial charge in [0.2, 0.25) is 0 Å². The van der Waals surface area contributed by atoms with E-state index in [1.54, 1.807) is 12.1 Å². The lowest BCUT2D eigenvalue weighted by atomic mass is 9.75. The van der Waals surface area contributed by atoms with E-state index in [4.69, 9.17) is 4.74 Å². The van der Waals surface area contributed by atoms with Gasteiger partial charge in [-0.3, -0.25) is 9.69 Å². The van der Waals surface area contributed by atoms with Crippen molar-refractivity contribution in [1.29, 1.82) is 0 Å². The number of phenols is 1. The molecule has 0 aromatic heterocycles. The molecule has 2 saturated heterocycles. The molecule has 2 N–H and O–H groups in total. The number of aromatic hydroxyl groups is 1. The molecule has 4 aromatic rings. The minimum Gasteiger partial charge on any atom is -0.508 e. The number of carbonyl (C=O) groups excluding carboxylic acids is 1. The molecular weight excluding hydrogens is 603 g/mol. The molecule has 4 aromatic carbocycles. The van der Waals surface area contributed by atoms with Gasteiger partial charge in [-0.2, -0.15) is 0 Å². The first kappa shape index (κ1) is 30.8. The van der Waals surface area contributed by atoms with Gasteiger partial charge in [0, 0.05) is 87.1 Å². The number of aryl methyl sites for hydroxylation is 1. The summed E-state index contributed by atoms with van der Waals surface area (Å²) in [5, 5.41) is 12.9. The number of ether oxygens (including phenoxy) is 1. The molecule has 8 rings (SSSR count). The summed E-state index contributed by atoms with van der Waals surface area (Å²) in [5.74, 6) is 1.49. The SMILES string of the molecule is Cc1cccc([C@H]2COc3cc(O)ccc3[C@H]2c2ccc(N3CCC(CN4CCN(c5cc6c(cc5F)C(=O)NC6)CC4)CC3)cc2)c1. The van der Waals surface area contributed by atoms with Crippen LogP contribution in [0.15, 0.2) is 78.9 Å². The number of hydrogen-bond acceptors (Lipinski definition) is 6. The van der Waals surface area contributed by atoms with Gasteiger partial charge in [-0.15, -0.1) is 0 Å². The van der Waals surface area contributed by atoms with Gasteiger partial charge in [0.05, 0.1) is 12.3 Å². The summed E-state index contributed by atoms with van der Waals surface area (Å²) in [4.78, 5) is 19.1. The predicted molar refractivity (Wildman–Crippen MR) is 187 cm³/mol. The van der Waals surface area contributed by atoms with Crippen molar-refractivity contribution in [3.05, 3.63) is 118 Å². The molecule has 4 aliphatic heterocycles. The summed E-state index contributed by atoms with van der Waals surface area (Å²) in [7, 11) is 0. The lowest BCUT2D eigenvalue weighted by molar-refractivity contribution is 0.0965. The third-order valence-electron chi connectivity index (χ3n) is 10.9. The number of nitrogens with zero attached hydrogens (tertiary/aromatic N) is 3. The van der Waals surface area contributed by atoms with E-state index in [1.807, 2.05) is 12.1 Å². The van der Waals surface area contributed by atoms with Crippen molar-refractivity contribution in [2.24, 2.45) is 5.92 Å². The molecule has 8 heteroatoms. The third kappa shape index (κ3) is 5.98. The Morgan fingerprint density at radius 3 is 2.44 bits per heavy atom. The summed E-state index contributed by atoms with van der Waals surface area (Å²) >= 11 is 0. The van der Waals surface area contributed by atoms with Crippen LogP contribution in [-0.4, -0.2) is 68.3 Å². The van der Waals surface area contributed by atoms with Crippen LogP contribution in [0, 0.1) is 18.7 Å². The Balaban J connectivity index is 0.887. The van der Waals surface area contributed by atoms with Gasteiger partial charge in [0.15, 0.2) is 0 Å². The molecule has 48 heavy (non-hydrogen) atoms. The van der Waals surface area contributed by atoms with Gasteiger partial charge < -0.3 is 25.0 Å². The minimum atomic E-state index is -0.302. The van der Waals surface area contributed by atoms with E-state index in [1.165, 1.54) is 28.4 Å². The molecule has 7 nitrogen and oxygen atoms in total. The number of benzene rings is 4. The first-order valence-corrected chi connectivity index (χ1v) is 17.3. The van der Waals surface area contributed by atoms with Gasteiger partial charge in [-0.05, 0) is 72.7 Å². The topological polar surface area (TPSA) is 68.3 Å². The van der Waals surface area contributed by atoms with E-state index in [0.29, 0.717) is 30.3 Å². The van der Waals surface area contributed by atoms with E-state index in [2.05, 4.69) is 75.5 Å². The minimum absolute atomic E-state index is 0.136. The van der Waals surface area contributed by atoms with Crippen LogP contribution >= 0.6 is 0 Å². The number of phenolic OH excluding ortho intramolecular Hbond substituents is 1. The number of nitrogens with one attached hydrogen (secondary N) is 1. The number of amides is 1. The fraction of sp³-hybridized carbons (Fsp3) is 0.375. The lowest BCUT2D eigenvalue weighted by Crippen LogP contribution is -2.49. The molecule has 0 radical (unpaired) electrons. The average molecular weight is 647 g/mol. The van der Waals surface area contributed by atoms with Gasteiger partial charge in [0.1, 0.15) is 17.3 Å². The van der Waals surface area contributed by atoms with Crippen LogP contribution in [0.25, 0.3) is 0 Å². The molecule has 0 saturated carbocycles. The van der Waals surface area contributed by atoms with Crippen LogP contribution in [0.1, 0.15) is 62.9 Å². The second kappa shape index (κ2) is 12.8. The molecular formula is C40H43FN4O3. The second-order valence-electron chi connectivity index (χ2n) is 14.0. The summed E-state index contributed by atoms with van der Waals surface area (Å²) in [6, 6.07) is 26.6. The standard InChI is InChI=1S/C40H43FN4O3/c1-26-3-2-4-29(19-26)35-25-48-38-21-32(46)9-10-33(38)39(35)28-5-7-31(8-6-28)44-13-11-27(12-14-44)24-43-15-17-45(18-16-43)37-20-30-23-42-40(47)34(30)22-36(37)41/h2-10,19-22,27,35,39,46H,11-18,23-25H2,1H3,(H,42,47)/t35-,39-/m1/s1. The molecule has 0 aliphatic carbocycles. The number of rotatable bonds is 6. The molecule has 4 heterocycles. The Kier molecular flexibility index (Phi) is 8.20. The monoisotopic (exact) mass is 646 g/mol. The zero-order valence-electron chi connectivity index (χ0n) is 27.5. The van der Waals surface area contributed by atoms with Crippen molar-refractivity contribution < 1.29 is 19.0 Å². The quantitative estimate of drug-likeness (QED) is 0.252. The smallest absolute Gasteiger partial charge is 0.252 e. The molecule has 2 fully saturated rings. The first-order valence-electron chi connectivity index (χ1n) is 17.3. The lowest BCUT2D eigenvalue weighted by Gasteiger charge is -2.40. The van der Waals surface area contributed by atoms with Crippen LogP contribution in [0.2, 0.25) is 0 Å². The molecule has 0 unspecified atom stereocenters. The number of fused-ring (bicyclic) bond motifs is 2. The van der Waals surface area contributed by atoms with Crippen molar-refractivity contribution in [3.63, 3.8) is 0 Å². The zero-order valence-corrected chi connectivity index (χ0v) is 27.5. The van der Waals surface area contributed by atoms with Gasteiger partial charge >= 0.3 is 0 Å². The summed E-state index contributed by atoms with van der Waals surface area (Å²) in [5.41, 5.74) is 8.14. The number of carbonyl (C=O) groups is 1. The van der Waals surface area contributed by atoms with Crippen LogP contribution < -0.4 is 19.9 Å². The average Bonchev–Trinajstić information content (AvgIpc) is 3.47. The Labute approximate surface area is 281 Å². The van der Waals surface area contributed by atoms with E-state index in [9.17, 15) is 14.3 Å². The number of anilines is 2. The molecule has 4 aliphatic rings. The van der Waals surface area contributed by atoms with E-state index in [0.717, 1.165) is 75.5 Å². The summed E-state index contributed by atoms with van der Waals surface area (Å²) < 4.78 is 21.1. The maximum absolute atomic E-state index is 14.9. The summed E-state index contributed by atoms with van der Waals surface area (Å²) in [6.45, 7) is 9.80. The third-order valence-corrected chi connectivity index (χ3v) is 10.9. The summed E-state index contributed by atoms with van der Waals surface area (Å²) in [6.07, 6.45) is 2.32. The molecule has 248 valence electrons. The Morgan fingerprint density at radius 1 is 0.875 bits per heavy atom. The van der Waals surface area contributed by atoms with E-state index < -0.39 is 0 Å². The van der Waals surface area contributed by atoms with Crippen LogP contribution in [0.4, 0.5) is 15.8 Å². The highest BCUT2D eigenvalue weighted by atomic mass is 19.1. The molecule has 1 amide bonds. The molecule has 0 bridgehead atoms. The zero-order chi connectivity index (χ0) is 32.8. The maximum atomic E-state index is 14.9. The highest BCUT2D eigenvalue weighted by molar-refractivity contribution is 5.98. The first-order chi connectivity index (χ1) is 23.4. The van der Waals surface area contributed by atoms with Crippen molar-refractivity contribution in [2.75, 3.05) is 62.2 Å². The van der Waals surface area contributed by atoms with E-state index in [-0.39, 0.29) is 29.3 Å². The number of piperazine rings is 1. The van der Waals surface area contributed by atoms with Gasteiger partial charge in [-0.1, -0.05) is 48.0 Å². The highest BCUT2D eigenvalue weighted by Crippen LogP contribution is 2.47. The maximum Gasteiger partial charge on any atom is 0.252 e. The van der Waals surface area contributed by atoms with Gasteiger partial charge in [-0.25, -0.2) is 4.39 Å². The van der Waals surface area contributed by atoms with Crippen LogP contribution in [-0.2, 0) is 6.54 Å². The van der Waals surface area contributed by atoms with Crippen molar-refractivity contribution in [2.45, 2.75) is 38.1 Å². The normalized spacial score (nSPS) is 21.4. The fourth-order valence-corrected chi connectivity index (χ4v) is 8.28. The van der Waals surface area contributed by atoms with Gasteiger partial charge in [0.25, 0.3) is 5.91 Å². The number of halogens is 1. The van der Waals surface area contributed by atoms with E-state index >= 15 is 0 Å². The Morgan fingerprint density at radius 2 is 1.67 bits per heavy atom. The second-order valence-corrected chi connectivity index (χ2v) is 14.0. The molecule has 2 atom stereocenters. The number of piperidine rings is 1. The predicted octanol–water partition coefficient (Wildman–Crippen LogP) is 6.43. The number of hydrogen-bond donors (Lipinski definition) is 2. The largest absolute Gasteiger partial charge is 0.508 e. The fourth-order valence-electron chi connectivity index (χ4n) is 8.28. The Hall–Kier alpha value is -4.56. The van der Waals surface area contributed by atoms with Crippen molar-refractivity contribution in [1.82, 2.24) is 10.2 Å². The van der Waals surface area contributed by atoms with Crippen molar-refractivity contribution >= 4 is 17.3 Å². The van der Waals surface area contributed by atoms with Crippen LogP contribution in [0.3, 0.4) is 0 Å². The van der Waals surface area contributed by atoms with Crippen molar-refractivity contribution in [3.8, 4) is 11.5 Å². The Bertz CT molecular complexity index is 1810.